The van der Waals surface area contributed by atoms with Crippen molar-refractivity contribution in [2.75, 3.05) is 26.3 Å². The number of esters is 2. The Bertz CT molecular complexity index is 1350. The van der Waals surface area contributed by atoms with Gasteiger partial charge in [-0.25, -0.2) is 0 Å². The van der Waals surface area contributed by atoms with Gasteiger partial charge >= 0.3 is 23.8 Å². The first-order valence-electron chi connectivity index (χ1n) is 17.4. The van der Waals surface area contributed by atoms with Crippen molar-refractivity contribution < 1.29 is 38.9 Å². The summed E-state index contributed by atoms with van der Waals surface area (Å²) in [6.07, 6.45) is 1.11. The zero-order chi connectivity index (χ0) is 38.2. The Morgan fingerprint density at radius 2 is 0.780 bits per heavy atom. The van der Waals surface area contributed by atoms with Gasteiger partial charge in [-0.15, -0.1) is 0 Å². The molecule has 0 atom stereocenters. The fourth-order valence-corrected chi connectivity index (χ4v) is 5.95. The molecule has 278 valence electrons. The Balaban J connectivity index is 1.79. The van der Waals surface area contributed by atoms with Crippen LogP contribution in [-0.2, 0) is 63.2 Å². The number of carbonyl (C=O) groups is 4. The summed E-state index contributed by atoms with van der Waals surface area (Å²) in [7, 11) is 0. The molecule has 10 heteroatoms. The highest BCUT2D eigenvalue weighted by molar-refractivity contribution is 6.35. The molecule has 4 N–H and O–H groups in total. The van der Waals surface area contributed by atoms with Crippen LogP contribution >= 0.6 is 0 Å². The van der Waals surface area contributed by atoms with Crippen LogP contribution in [0.3, 0.4) is 0 Å². The van der Waals surface area contributed by atoms with E-state index in [9.17, 15) is 29.4 Å². The normalized spacial score (nSPS) is 12.3. The van der Waals surface area contributed by atoms with Crippen LogP contribution in [-0.4, -0.2) is 60.3 Å². The summed E-state index contributed by atoms with van der Waals surface area (Å²) in [5.74, 6) is -2.27. The zero-order valence-corrected chi connectivity index (χ0v) is 32.3. The number of aromatic hydroxyl groups is 2. The van der Waals surface area contributed by atoms with Crippen molar-refractivity contribution in [2.45, 2.75) is 130 Å². The zero-order valence-electron chi connectivity index (χ0n) is 32.3. The minimum Gasteiger partial charge on any atom is -0.508 e. The van der Waals surface area contributed by atoms with Crippen LogP contribution in [0, 0.1) is 0 Å². The third-order valence-electron chi connectivity index (χ3n) is 8.37. The number of hydrogen-bond donors (Lipinski definition) is 4. The highest BCUT2D eigenvalue weighted by Gasteiger charge is 2.28. The molecule has 0 radical (unpaired) electrons. The second-order valence-electron chi connectivity index (χ2n) is 17.0. The maximum Gasteiger partial charge on any atom is 0.309 e. The van der Waals surface area contributed by atoms with Crippen LogP contribution in [0.1, 0.15) is 129 Å². The van der Waals surface area contributed by atoms with Crippen molar-refractivity contribution in [1.82, 2.24) is 10.6 Å². The first kappa shape index (κ1) is 42.1. The minimum absolute atomic E-state index is 0.0446. The van der Waals surface area contributed by atoms with Gasteiger partial charge in [-0.1, -0.05) is 83.1 Å². The van der Waals surface area contributed by atoms with Crippen molar-refractivity contribution in [1.29, 1.82) is 0 Å². The van der Waals surface area contributed by atoms with E-state index in [1.165, 1.54) is 0 Å². The number of amides is 2. The van der Waals surface area contributed by atoms with Crippen LogP contribution in [0.5, 0.6) is 11.5 Å². The van der Waals surface area contributed by atoms with E-state index in [1.807, 2.05) is 0 Å². The van der Waals surface area contributed by atoms with E-state index in [4.69, 9.17) is 9.47 Å². The molecule has 0 aliphatic heterocycles. The summed E-state index contributed by atoms with van der Waals surface area (Å²) in [5, 5.41) is 25.6. The predicted molar refractivity (Wildman–Crippen MR) is 196 cm³/mol. The Labute approximate surface area is 298 Å². The largest absolute Gasteiger partial charge is 0.508 e. The van der Waals surface area contributed by atoms with Gasteiger partial charge in [-0.2, -0.15) is 0 Å². The Hall–Kier alpha value is -4.08. The molecule has 0 saturated heterocycles. The van der Waals surface area contributed by atoms with Crippen molar-refractivity contribution in [3.8, 4) is 11.5 Å². The number of benzene rings is 2. The lowest BCUT2D eigenvalue weighted by molar-refractivity contribution is -0.145. The van der Waals surface area contributed by atoms with Crippen molar-refractivity contribution in [2.24, 2.45) is 0 Å². The van der Waals surface area contributed by atoms with Gasteiger partial charge in [0.05, 0.1) is 13.1 Å². The SMILES string of the molecule is CC(C)(C)c1cc(O)cc(C(C)(C)C)c1CCC(=O)OCCNC(=O)C(=O)NCCOC(=O)CCc1c(C(C)(C)C)cc(O)cc1C(C)(C)C. The molecule has 0 saturated carbocycles. The van der Waals surface area contributed by atoms with E-state index in [0.717, 1.165) is 33.4 Å². The average Bonchev–Trinajstić information content (AvgIpc) is 2.97. The van der Waals surface area contributed by atoms with Gasteiger partial charge in [0.2, 0.25) is 0 Å². The number of hydrogen-bond acceptors (Lipinski definition) is 8. The molecule has 0 spiro atoms. The molecule has 2 amide bonds. The molecule has 50 heavy (non-hydrogen) atoms. The van der Waals surface area contributed by atoms with E-state index >= 15 is 0 Å². The lowest BCUT2D eigenvalue weighted by Crippen LogP contribution is -2.42. The number of ether oxygens (including phenoxy) is 2. The average molecular weight is 697 g/mol. The smallest absolute Gasteiger partial charge is 0.309 e. The molecular formula is C40H60N2O8. The molecule has 2 aromatic rings. The Morgan fingerprint density at radius 3 is 1.02 bits per heavy atom. The molecule has 0 fully saturated rings. The quantitative estimate of drug-likeness (QED) is 0.117. The molecule has 2 aromatic carbocycles. The predicted octanol–water partition coefficient (Wildman–Crippen LogP) is 6.17. The van der Waals surface area contributed by atoms with E-state index in [0.29, 0.717) is 12.8 Å². The summed E-state index contributed by atoms with van der Waals surface area (Å²) in [6, 6.07) is 7.02. The Kier molecular flexibility index (Phi) is 14.1. The monoisotopic (exact) mass is 696 g/mol. The summed E-state index contributed by atoms with van der Waals surface area (Å²) in [6.45, 7) is 24.5. The molecule has 0 aromatic heterocycles. The molecule has 0 aliphatic rings. The fourth-order valence-electron chi connectivity index (χ4n) is 5.95. The van der Waals surface area contributed by atoms with Gasteiger partial charge in [-0.05, 0) is 92.1 Å². The van der Waals surface area contributed by atoms with Crippen LogP contribution in [0.4, 0.5) is 0 Å². The Morgan fingerprint density at radius 1 is 0.520 bits per heavy atom. The number of nitrogens with one attached hydrogen (secondary N) is 2. The molecule has 0 unspecified atom stereocenters. The van der Waals surface area contributed by atoms with Crippen LogP contribution in [0.2, 0.25) is 0 Å². The summed E-state index contributed by atoms with van der Waals surface area (Å²) in [4.78, 5) is 49.6. The van der Waals surface area contributed by atoms with E-state index in [2.05, 4.69) is 93.7 Å². The van der Waals surface area contributed by atoms with Crippen molar-refractivity contribution in [3.05, 3.63) is 57.6 Å². The number of rotatable bonds is 12. The van der Waals surface area contributed by atoms with Gasteiger partial charge in [0.1, 0.15) is 24.7 Å². The van der Waals surface area contributed by atoms with Gasteiger partial charge in [-0.3, -0.25) is 19.2 Å². The fraction of sp³-hybridized carbons (Fsp3) is 0.600. The number of phenolic OH excluding ortho intramolecular Hbond substituents is 2. The van der Waals surface area contributed by atoms with E-state index in [-0.39, 0.29) is 72.3 Å². The third kappa shape index (κ3) is 12.7. The van der Waals surface area contributed by atoms with E-state index in [1.54, 1.807) is 24.3 Å². The standard InChI is InChI=1S/C40H60N2O8/c1-37(2,3)29-21-25(43)22-30(38(4,5)6)27(29)13-15-33(45)49-19-17-41-35(47)36(48)42-18-20-50-34(46)16-14-28-31(39(7,8)9)23-26(44)24-32(28)40(10,11)12/h21-24,43-44H,13-20H2,1-12H3,(H,41,47)(H,42,48). The maximum atomic E-state index is 12.6. The van der Waals surface area contributed by atoms with Crippen LogP contribution in [0.15, 0.2) is 24.3 Å². The van der Waals surface area contributed by atoms with Crippen LogP contribution in [0.25, 0.3) is 0 Å². The van der Waals surface area contributed by atoms with Gasteiger partial charge in [0.15, 0.2) is 0 Å². The first-order valence-corrected chi connectivity index (χ1v) is 17.4. The maximum absolute atomic E-state index is 12.6. The van der Waals surface area contributed by atoms with Crippen LogP contribution < -0.4 is 10.6 Å². The molecule has 0 aliphatic carbocycles. The number of carbonyl (C=O) groups excluding carboxylic acids is 4. The second-order valence-corrected chi connectivity index (χ2v) is 17.0. The van der Waals surface area contributed by atoms with Gasteiger partial charge < -0.3 is 30.3 Å². The van der Waals surface area contributed by atoms with E-state index < -0.39 is 23.8 Å². The second kappa shape index (κ2) is 16.8. The summed E-state index contributed by atoms with van der Waals surface area (Å²) < 4.78 is 10.6. The molecule has 2 rings (SSSR count). The van der Waals surface area contributed by atoms with Gasteiger partial charge in [0, 0.05) is 12.8 Å². The van der Waals surface area contributed by atoms with Crippen molar-refractivity contribution >= 4 is 23.8 Å². The summed E-state index contributed by atoms with van der Waals surface area (Å²) >= 11 is 0. The highest BCUT2D eigenvalue weighted by atomic mass is 16.5. The first-order chi connectivity index (χ1) is 22.8. The molecule has 0 bridgehead atoms. The lowest BCUT2D eigenvalue weighted by atomic mass is 9.75. The molecular weight excluding hydrogens is 636 g/mol. The molecule has 0 heterocycles. The lowest BCUT2D eigenvalue weighted by Gasteiger charge is -2.30. The number of phenols is 2. The van der Waals surface area contributed by atoms with Crippen molar-refractivity contribution in [3.63, 3.8) is 0 Å². The minimum atomic E-state index is -0.891. The molecule has 10 nitrogen and oxygen atoms in total. The third-order valence-corrected chi connectivity index (χ3v) is 8.37. The van der Waals surface area contributed by atoms with Gasteiger partial charge in [0.25, 0.3) is 0 Å². The summed E-state index contributed by atoms with van der Waals surface area (Å²) in [5.41, 5.74) is 4.94. The topological polar surface area (TPSA) is 151 Å². The highest BCUT2D eigenvalue weighted by Crippen LogP contribution is 2.39.